The van der Waals surface area contributed by atoms with Crippen LogP contribution in [-0.2, 0) is 19.9 Å². The van der Waals surface area contributed by atoms with E-state index in [-0.39, 0.29) is 0 Å². The molecule has 0 saturated heterocycles. The van der Waals surface area contributed by atoms with Gasteiger partial charge in [0.05, 0.1) is 11.8 Å². The van der Waals surface area contributed by atoms with E-state index in [1.54, 1.807) is 4.68 Å². The van der Waals surface area contributed by atoms with Crippen molar-refractivity contribution >= 4 is 15.9 Å². The minimum absolute atomic E-state index is 0.430. The molecular weight excluding hydrogens is 282 g/mol. The predicted octanol–water partition coefficient (Wildman–Crippen LogP) is 1.72. The lowest BCUT2D eigenvalue weighted by molar-refractivity contribution is 0.174. The summed E-state index contributed by atoms with van der Waals surface area (Å²) < 4.78 is 2.67. The first-order chi connectivity index (χ1) is 8.13. The summed E-state index contributed by atoms with van der Waals surface area (Å²) in [5.41, 5.74) is 1.92. The van der Waals surface area contributed by atoms with Crippen LogP contribution in [0.25, 0.3) is 0 Å². The lowest BCUT2D eigenvalue weighted by atomic mass is 10.0. The molecule has 0 spiro atoms. The number of aryl methyl sites for hydroxylation is 1. The Bertz CT molecular complexity index is 498. The molecule has 90 valence electrons. The molecule has 1 unspecified atom stereocenters. The Morgan fingerprint density at radius 1 is 1.41 bits per heavy atom. The van der Waals surface area contributed by atoms with Crippen molar-refractivity contribution < 1.29 is 5.11 Å². The molecule has 0 bridgehead atoms. The third-order valence-electron chi connectivity index (χ3n) is 2.46. The summed E-state index contributed by atoms with van der Waals surface area (Å²) in [6.45, 7) is 0. The molecule has 2 aromatic rings. The molecule has 0 aliphatic rings. The monoisotopic (exact) mass is 295 g/mol. The van der Waals surface area contributed by atoms with E-state index in [0.717, 1.165) is 15.7 Å². The number of hydrogen-bond acceptors (Lipinski definition) is 3. The lowest BCUT2D eigenvalue weighted by Gasteiger charge is -2.08. The Labute approximate surface area is 108 Å². The molecule has 2 rings (SSSR count). The van der Waals surface area contributed by atoms with Gasteiger partial charge in [-0.1, -0.05) is 33.3 Å². The van der Waals surface area contributed by atoms with Crippen molar-refractivity contribution in [2.45, 2.75) is 18.9 Å². The molecule has 1 N–H and O–H groups in total. The van der Waals surface area contributed by atoms with Gasteiger partial charge in [-0.25, -0.2) is 0 Å². The van der Waals surface area contributed by atoms with Gasteiger partial charge in [0.2, 0.25) is 0 Å². The maximum absolute atomic E-state index is 9.96. The highest BCUT2D eigenvalue weighted by Crippen LogP contribution is 2.14. The van der Waals surface area contributed by atoms with Gasteiger partial charge in [0, 0.05) is 24.1 Å². The molecule has 1 aromatic carbocycles. The van der Waals surface area contributed by atoms with Crippen molar-refractivity contribution in [2.24, 2.45) is 7.05 Å². The SMILES string of the molecule is Cn1cc(CC(O)Cc2cccc(Br)c2)nn1. The first kappa shape index (κ1) is 12.3. The maximum Gasteiger partial charge on any atom is 0.0852 e. The average Bonchev–Trinajstić information content (AvgIpc) is 2.63. The fourth-order valence-corrected chi connectivity index (χ4v) is 2.19. The third kappa shape index (κ3) is 3.64. The van der Waals surface area contributed by atoms with E-state index in [1.807, 2.05) is 37.5 Å². The topological polar surface area (TPSA) is 50.9 Å². The standard InChI is InChI=1S/C12H14BrN3O/c1-16-8-11(14-15-16)7-12(17)6-9-3-2-4-10(13)5-9/h2-5,8,12,17H,6-7H2,1H3. The van der Waals surface area contributed by atoms with Crippen LogP contribution in [0.1, 0.15) is 11.3 Å². The van der Waals surface area contributed by atoms with Crippen molar-refractivity contribution in [2.75, 3.05) is 0 Å². The number of aromatic nitrogens is 3. The second-order valence-electron chi connectivity index (χ2n) is 4.08. The zero-order chi connectivity index (χ0) is 12.3. The van der Waals surface area contributed by atoms with E-state index in [4.69, 9.17) is 0 Å². The van der Waals surface area contributed by atoms with Crippen LogP contribution < -0.4 is 0 Å². The highest BCUT2D eigenvalue weighted by molar-refractivity contribution is 9.10. The van der Waals surface area contributed by atoms with E-state index in [1.165, 1.54) is 0 Å². The van der Waals surface area contributed by atoms with Crippen LogP contribution >= 0.6 is 15.9 Å². The van der Waals surface area contributed by atoms with E-state index in [0.29, 0.717) is 12.8 Å². The molecule has 1 aromatic heterocycles. The molecule has 0 aliphatic heterocycles. The maximum atomic E-state index is 9.96. The number of aliphatic hydroxyl groups is 1. The van der Waals surface area contributed by atoms with Gasteiger partial charge in [-0.05, 0) is 24.1 Å². The average molecular weight is 296 g/mol. The van der Waals surface area contributed by atoms with Crippen molar-refractivity contribution in [3.05, 3.63) is 46.2 Å². The molecule has 4 nitrogen and oxygen atoms in total. The number of benzene rings is 1. The third-order valence-corrected chi connectivity index (χ3v) is 2.95. The van der Waals surface area contributed by atoms with Crippen LogP contribution in [0.3, 0.4) is 0 Å². The summed E-state index contributed by atoms with van der Waals surface area (Å²) in [7, 11) is 1.82. The van der Waals surface area contributed by atoms with Gasteiger partial charge in [-0.2, -0.15) is 0 Å². The van der Waals surface area contributed by atoms with Crippen LogP contribution in [0.2, 0.25) is 0 Å². The molecule has 1 heterocycles. The fraction of sp³-hybridized carbons (Fsp3) is 0.333. The quantitative estimate of drug-likeness (QED) is 0.934. The van der Waals surface area contributed by atoms with Crippen LogP contribution in [0.5, 0.6) is 0 Å². The summed E-state index contributed by atoms with van der Waals surface area (Å²) >= 11 is 3.41. The van der Waals surface area contributed by atoms with Gasteiger partial charge < -0.3 is 5.11 Å². The molecule has 0 aliphatic carbocycles. The molecule has 0 radical (unpaired) electrons. The molecule has 0 fully saturated rings. The summed E-state index contributed by atoms with van der Waals surface area (Å²) in [4.78, 5) is 0. The van der Waals surface area contributed by atoms with Crippen molar-refractivity contribution in [3.63, 3.8) is 0 Å². The number of aliphatic hydroxyl groups excluding tert-OH is 1. The smallest absolute Gasteiger partial charge is 0.0852 e. The van der Waals surface area contributed by atoms with Gasteiger partial charge in [0.15, 0.2) is 0 Å². The van der Waals surface area contributed by atoms with Gasteiger partial charge >= 0.3 is 0 Å². The Kier molecular flexibility index (Phi) is 3.91. The van der Waals surface area contributed by atoms with Gasteiger partial charge in [0.25, 0.3) is 0 Å². The van der Waals surface area contributed by atoms with Gasteiger partial charge in [-0.15, -0.1) is 5.10 Å². The number of rotatable bonds is 4. The molecular formula is C12H14BrN3O. The minimum atomic E-state index is -0.430. The molecule has 17 heavy (non-hydrogen) atoms. The highest BCUT2D eigenvalue weighted by Gasteiger charge is 2.09. The Hall–Kier alpha value is -1.20. The Morgan fingerprint density at radius 2 is 2.24 bits per heavy atom. The van der Waals surface area contributed by atoms with Crippen molar-refractivity contribution in [3.8, 4) is 0 Å². The fourth-order valence-electron chi connectivity index (χ4n) is 1.74. The van der Waals surface area contributed by atoms with Crippen LogP contribution in [-0.4, -0.2) is 26.2 Å². The molecule has 0 amide bonds. The normalized spacial score (nSPS) is 12.6. The number of halogens is 1. The molecule has 5 heteroatoms. The summed E-state index contributed by atoms with van der Waals surface area (Å²) in [5, 5.41) is 17.8. The Morgan fingerprint density at radius 3 is 2.88 bits per heavy atom. The van der Waals surface area contributed by atoms with E-state index >= 15 is 0 Å². The zero-order valence-corrected chi connectivity index (χ0v) is 11.1. The molecule has 1 atom stereocenters. The zero-order valence-electron chi connectivity index (χ0n) is 9.55. The summed E-state index contributed by atoms with van der Waals surface area (Å²) in [6.07, 6.45) is 2.54. The highest BCUT2D eigenvalue weighted by atomic mass is 79.9. The first-order valence-electron chi connectivity index (χ1n) is 5.41. The second kappa shape index (κ2) is 5.42. The summed E-state index contributed by atoms with van der Waals surface area (Å²) in [5.74, 6) is 0. The first-order valence-corrected chi connectivity index (χ1v) is 6.20. The minimum Gasteiger partial charge on any atom is -0.392 e. The molecule has 0 saturated carbocycles. The lowest BCUT2D eigenvalue weighted by Crippen LogP contribution is -2.14. The van der Waals surface area contributed by atoms with Crippen LogP contribution in [0.4, 0.5) is 0 Å². The van der Waals surface area contributed by atoms with Crippen molar-refractivity contribution in [1.82, 2.24) is 15.0 Å². The Balaban J connectivity index is 1.95. The number of nitrogens with zero attached hydrogens (tertiary/aromatic N) is 3. The van der Waals surface area contributed by atoms with Crippen molar-refractivity contribution in [1.29, 1.82) is 0 Å². The van der Waals surface area contributed by atoms with E-state index in [2.05, 4.69) is 26.2 Å². The largest absolute Gasteiger partial charge is 0.392 e. The van der Waals surface area contributed by atoms with E-state index in [9.17, 15) is 5.11 Å². The second-order valence-corrected chi connectivity index (χ2v) is 4.99. The number of hydrogen-bond donors (Lipinski definition) is 1. The van der Waals surface area contributed by atoms with Crippen LogP contribution in [0, 0.1) is 0 Å². The van der Waals surface area contributed by atoms with Gasteiger partial charge in [0.1, 0.15) is 0 Å². The van der Waals surface area contributed by atoms with E-state index < -0.39 is 6.10 Å². The summed E-state index contributed by atoms with van der Waals surface area (Å²) in [6, 6.07) is 7.96. The van der Waals surface area contributed by atoms with Crippen LogP contribution in [0.15, 0.2) is 34.9 Å². The predicted molar refractivity (Wildman–Crippen MR) is 68.6 cm³/mol. The van der Waals surface area contributed by atoms with Gasteiger partial charge in [-0.3, -0.25) is 4.68 Å².